The highest BCUT2D eigenvalue weighted by molar-refractivity contribution is 7.80. The third-order valence-corrected chi connectivity index (χ3v) is 7.09. The van der Waals surface area contributed by atoms with Gasteiger partial charge in [0.05, 0.1) is 5.69 Å². The molecular formula is C22H31N5OS. The van der Waals surface area contributed by atoms with Gasteiger partial charge in [-0.3, -0.25) is 0 Å². The predicted octanol–water partition coefficient (Wildman–Crippen LogP) is 2.83. The number of likely N-dealkylation sites (tertiary alicyclic amines) is 1. The largest absolute Gasteiger partial charge is 0.378 e. The van der Waals surface area contributed by atoms with Crippen molar-refractivity contribution in [3.05, 3.63) is 35.0 Å². The van der Waals surface area contributed by atoms with Crippen LogP contribution in [0.1, 0.15) is 43.0 Å². The van der Waals surface area contributed by atoms with E-state index in [-0.39, 0.29) is 12.1 Å². The zero-order valence-corrected chi connectivity index (χ0v) is 18.5. The minimum absolute atomic E-state index is 0.0462. The summed E-state index contributed by atoms with van der Waals surface area (Å²) < 4.78 is 0. The number of hydrogen-bond donors (Lipinski definition) is 3. The molecule has 1 aromatic carbocycles. The van der Waals surface area contributed by atoms with Crippen molar-refractivity contribution in [2.75, 3.05) is 33.7 Å². The summed E-state index contributed by atoms with van der Waals surface area (Å²) in [6.45, 7) is 6.38. The molecule has 6 nitrogen and oxygen atoms in total. The van der Waals surface area contributed by atoms with Crippen molar-refractivity contribution >= 4 is 34.1 Å². The summed E-state index contributed by atoms with van der Waals surface area (Å²) in [5.74, 6) is 0.402. The maximum absolute atomic E-state index is 12.6. The number of benzene rings is 1. The number of H-pyrrole nitrogens is 1. The molecule has 2 heterocycles. The summed E-state index contributed by atoms with van der Waals surface area (Å²) in [4.78, 5) is 21.2. The molecule has 1 aromatic heterocycles. The number of nitrogens with zero attached hydrogens (tertiary/aromatic N) is 2. The number of rotatable bonds is 4. The Morgan fingerprint density at radius 3 is 2.79 bits per heavy atom. The van der Waals surface area contributed by atoms with Gasteiger partial charge >= 0.3 is 6.03 Å². The van der Waals surface area contributed by atoms with Crippen LogP contribution in [0, 0.1) is 0 Å². The van der Waals surface area contributed by atoms with Gasteiger partial charge in [0, 0.05) is 55.6 Å². The average Bonchev–Trinajstić information content (AvgIpc) is 3.09. The van der Waals surface area contributed by atoms with Crippen LogP contribution >= 0.6 is 12.2 Å². The zero-order chi connectivity index (χ0) is 20.7. The number of nitrogens with one attached hydrogen (secondary N) is 3. The lowest BCUT2D eigenvalue weighted by atomic mass is 9.73. The highest BCUT2D eigenvalue weighted by Crippen LogP contribution is 2.44. The predicted molar refractivity (Wildman–Crippen MR) is 122 cm³/mol. The molecule has 2 aromatic rings. The number of hydrogen-bond acceptors (Lipinski definition) is 3. The Hall–Kier alpha value is -2.12. The number of amides is 2. The Kier molecular flexibility index (Phi) is 5.53. The molecule has 0 spiro atoms. The van der Waals surface area contributed by atoms with E-state index in [9.17, 15) is 4.79 Å². The number of aromatic nitrogens is 1. The normalized spacial score (nSPS) is 23.5. The van der Waals surface area contributed by atoms with Gasteiger partial charge < -0.3 is 25.4 Å². The van der Waals surface area contributed by atoms with Gasteiger partial charge in [0.15, 0.2) is 0 Å². The van der Waals surface area contributed by atoms with Gasteiger partial charge in [0.2, 0.25) is 0 Å². The molecule has 0 bridgehead atoms. The van der Waals surface area contributed by atoms with Gasteiger partial charge in [-0.1, -0.05) is 24.4 Å². The lowest BCUT2D eigenvalue weighted by Gasteiger charge is -2.46. The minimum Gasteiger partial charge on any atom is -0.378 e. The zero-order valence-electron chi connectivity index (χ0n) is 17.7. The van der Waals surface area contributed by atoms with Crippen LogP contribution in [-0.4, -0.2) is 71.6 Å². The summed E-state index contributed by atoms with van der Waals surface area (Å²) in [6.07, 6.45) is 1.95. The van der Waals surface area contributed by atoms with E-state index in [1.165, 1.54) is 16.5 Å². The standard InChI is InChI=1S/C22H31N5OS/c1-5-27(6-2)22(28)24-13-10-15-14-8-7-9-17-19(14)16(11-18(15)26(4)12-13)20(25-17)21(29)23-3/h7-9,13,15,18,25H,5-6,10-12H2,1-4H3,(H,23,29)(H,24,28)/t13-,15?,18+/m0/s1. The van der Waals surface area contributed by atoms with Crippen LogP contribution in [0.4, 0.5) is 4.79 Å². The minimum atomic E-state index is 0.0462. The van der Waals surface area contributed by atoms with Crippen molar-refractivity contribution in [1.29, 1.82) is 0 Å². The molecule has 1 fully saturated rings. The maximum Gasteiger partial charge on any atom is 0.317 e. The van der Waals surface area contributed by atoms with Crippen molar-refractivity contribution in [3.63, 3.8) is 0 Å². The third kappa shape index (κ3) is 3.40. The summed E-state index contributed by atoms with van der Waals surface area (Å²) in [5, 5.41) is 7.73. The van der Waals surface area contributed by atoms with Gasteiger partial charge in [-0.05, 0) is 50.9 Å². The second kappa shape index (κ2) is 7.95. The number of carbonyl (C=O) groups is 1. The van der Waals surface area contributed by atoms with E-state index in [2.05, 4.69) is 45.8 Å². The molecular weight excluding hydrogens is 382 g/mol. The molecule has 0 radical (unpaired) electrons. The molecule has 4 rings (SSSR count). The lowest BCUT2D eigenvalue weighted by Crippen LogP contribution is -2.56. The first kappa shape index (κ1) is 20.2. The fourth-order valence-electron chi connectivity index (χ4n) is 5.23. The monoisotopic (exact) mass is 413 g/mol. The van der Waals surface area contributed by atoms with Crippen molar-refractivity contribution < 1.29 is 4.79 Å². The van der Waals surface area contributed by atoms with Gasteiger partial charge in [0.1, 0.15) is 4.99 Å². The number of carbonyl (C=O) groups excluding carboxylic acids is 1. The number of piperidine rings is 1. The van der Waals surface area contributed by atoms with Crippen molar-refractivity contribution in [2.24, 2.45) is 0 Å². The molecule has 3 N–H and O–H groups in total. The number of thiocarbonyl (C=S) groups is 1. The number of likely N-dealkylation sites (N-methyl/N-ethyl adjacent to an activating group) is 1. The molecule has 29 heavy (non-hydrogen) atoms. The quantitative estimate of drug-likeness (QED) is 0.675. The number of aromatic amines is 1. The van der Waals surface area contributed by atoms with E-state index in [1.54, 1.807) is 0 Å². The molecule has 1 unspecified atom stereocenters. The van der Waals surface area contributed by atoms with Crippen LogP contribution in [0.2, 0.25) is 0 Å². The highest BCUT2D eigenvalue weighted by atomic mass is 32.1. The van der Waals surface area contributed by atoms with Crippen molar-refractivity contribution in [2.45, 2.75) is 44.7 Å². The lowest BCUT2D eigenvalue weighted by molar-refractivity contribution is 0.124. The fourth-order valence-corrected chi connectivity index (χ4v) is 5.40. The molecule has 7 heteroatoms. The molecule has 1 aliphatic heterocycles. The van der Waals surface area contributed by atoms with Gasteiger partial charge in [-0.15, -0.1) is 0 Å². The molecule has 1 aliphatic carbocycles. The first-order valence-electron chi connectivity index (χ1n) is 10.6. The van der Waals surface area contributed by atoms with Gasteiger partial charge in [0.25, 0.3) is 0 Å². The van der Waals surface area contributed by atoms with E-state index in [0.717, 1.165) is 48.7 Å². The Morgan fingerprint density at radius 2 is 2.10 bits per heavy atom. The van der Waals surface area contributed by atoms with Crippen LogP contribution in [-0.2, 0) is 6.42 Å². The van der Waals surface area contributed by atoms with Crippen molar-refractivity contribution in [3.8, 4) is 0 Å². The van der Waals surface area contributed by atoms with E-state index in [4.69, 9.17) is 12.2 Å². The summed E-state index contributed by atoms with van der Waals surface area (Å²) >= 11 is 5.57. The molecule has 2 aliphatic rings. The first-order valence-corrected chi connectivity index (χ1v) is 11.0. The van der Waals surface area contributed by atoms with E-state index in [0.29, 0.717) is 12.0 Å². The van der Waals surface area contributed by atoms with Crippen LogP contribution < -0.4 is 10.6 Å². The number of fused-ring (bicyclic) bond motifs is 2. The van der Waals surface area contributed by atoms with E-state index < -0.39 is 0 Å². The fraction of sp³-hybridized carbons (Fsp3) is 0.545. The van der Waals surface area contributed by atoms with Crippen molar-refractivity contribution in [1.82, 2.24) is 25.4 Å². The van der Waals surface area contributed by atoms with E-state index >= 15 is 0 Å². The molecule has 3 atom stereocenters. The SMILES string of the molecule is CCN(CC)C(=O)N[C@H]1CC2c3cccc4[nH]c(C(=S)NC)c(c34)C[C@H]2N(C)C1. The molecule has 2 amide bonds. The van der Waals surface area contributed by atoms with Gasteiger partial charge in [-0.2, -0.15) is 0 Å². The average molecular weight is 414 g/mol. The third-order valence-electron chi connectivity index (χ3n) is 6.68. The second-order valence-electron chi connectivity index (χ2n) is 8.20. The molecule has 0 saturated carbocycles. The topological polar surface area (TPSA) is 63.4 Å². The summed E-state index contributed by atoms with van der Waals surface area (Å²) in [7, 11) is 4.06. The number of urea groups is 1. The van der Waals surface area contributed by atoms with E-state index in [1.807, 2.05) is 25.8 Å². The van der Waals surface area contributed by atoms with Crippen LogP contribution in [0.5, 0.6) is 0 Å². The Morgan fingerprint density at radius 1 is 1.34 bits per heavy atom. The molecule has 1 saturated heterocycles. The smallest absolute Gasteiger partial charge is 0.317 e. The highest BCUT2D eigenvalue weighted by Gasteiger charge is 2.41. The van der Waals surface area contributed by atoms with Crippen LogP contribution in [0.3, 0.4) is 0 Å². The second-order valence-corrected chi connectivity index (χ2v) is 8.61. The Labute approximate surface area is 178 Å². The van der Waals surface area contributed by atoms with Crippen LogP contribution in [0.15, 0.2) is 18.2 Å². The van der Waals surface area contributed by atoms with Gasteiger partial charge in [-0.25, -0.2) is 4.79 Å². The Balaban J connectivity index is 1.67. The Bertz CT molecular complexity index is 935. The first-order chi connectivity index (χ1) is 14.0. The summed E-state index contributed by atoms with van der Waals surface area (Å²) in [6, 6.07) is 7.14. The summed E-state index contributed by atoms with van der Waals surface area (Å²) in [5.41, 5.74) is 4.91. The van der Waals surface area contributed by atoms with Crippen LogP contribution in [0.25, 0.3) is 10.9 Å². The molecule has 156 valence electrons. The maximum atomic E-state index is 12.6.